The second kappa shape index (κ2) is 6.75. The van der Waals surface area contributed by atoms with Gasteiger partial charge in [-0.1, -0.05) is 30.8 Å². The van der Waals surface area contributed by atoms with Crippen LogP contribution in [0.2, 0.25) is 0 Å². The number of carbonyl (C=O) groups is 1. The lowest BCUT2D eigenvalue weighted by molar-refractivity contribution is 0.0795. The Bertz CT molecular complexity index is 1090. The minimum atomic E-state index is -0.144. The molecule has 0 unspecified atom stereocenters. The fraction of sp³-hybridized carbons (Fsp3) is 0.0909. The average Bonchev–Trinajstić information content (AvgIpc) is 3.32. The molecule has 2 heterocycles. The van der Waals surface area contributed by atoms with E-state index in [1.165, 1.54) is 5.56 Å². The van der Waals surface area contributed by atoms with Gasteiger partial charge in [-0.15, -0.1) is 0 Å². The number of carbonyl (C=O) groups excluding carboxylic acids is 1. The van der Waals surface area contributed by atoms with Crippen LogP contribution in [0.15, 0.2) is 65.4 Å². The molecular formula is C22H17N3OS. The number of anilines is 1. The summed E-state index contributed by atoms with van der Waals surface area (Å²) < 4.78 is 0. The summed E-state index contributed by atoms with van der Waals surface area (Å²) in [5.74, 6) is -0.144. The molecule has 27 heavy (non-hydrogen) atoms. The second-order valence-corrected chi connectivity index (χ2v) is 7.31. The molecule has 5 heteroatoms. The van der Waals surface area contributed by atoms with Gasteiger partial charge in [0, 0.05) is 17.8 Å². The first kappa shape index (κ1) is 17.1. The largest absolute Gasteiger partial charge is 0.398 e. The quantitative estimate of drug-likeness (QED) is 0.534. The Kier molecular flexibility index (Phi) is 4.27. The summed E-state index contributed by atoms with van der Waals surface area (Å²) in [4.78, 5) is 14.4. The van der Waals surface area contributed by atoms with Gasteiger partial charge in [0.05, 0.1) is 18.2 Å². The van der Waals surface area contributed by atoms with Crippen molar-refractivity contribution in [1.29, 1.82) is 5.26 Å². The first-order valence-electron chi connectivity index (χ1n) is 8.50. The van der Waals surface area contributed by atoms with Crippen molar-refractivity contribution in [2.45, 2.75) is 6.54 Å². The number of nitrogens with two attached hydrogens (primary N) is 1. The molecule has 0 spiro atoms. The van der Waals surface area contributed by atoms with Crippen LogP contribution >= 0.6 is 11.3 Å². The summed E-state index contributed by atoms with van der Waals surface area (Å²) in [6.07, 6.45) is 0. The van der Waals surface area contributed by atoms with Crippen molar-refractivity contribution in [1.82, 2.24) is 4.90 Å². The Balaban J connectivity index is 1.78. The molecule has 0 radical (unpaired) electrons. The number of nitrogens with zero attached hydrogens (tertiary/aromatic N) is 2. The van der Waals surface area contributed by atoms with E-state index in [0.29, 0.717) is 23.4 Å². The molecule has 132 valence electrons. The van der Waals surface area contributed by atoms with E-state index in [9.17, 15) is 4.79 Å². The van der Waals surface area contributed by atoms with Gasteiger partial charge in [0.1, 0.15) is 0 Å². The Hall–Kier alpha value is -3.36. The van der Waals surface area contributed by atoms with E-state index in [1.54, 1.807) is 22.3 Å². The van der Waals surface area contributed by atoms with Gasteiger partial charge >= 0.3 is 0 Å². The highest BCUT2D eigenvalue weighted by atomic mass is 32.1. The number of thiophene rings is 1. The van der Waals surface area contributed by atoms with Crippen molar-refractivity contribution in [3.05, 3.63) is 76.5 Å². The molecular weight excluding hydrogens is 354 g/mol. The number of fused-ring (bicyclic) bond motifs is 1. The van der Waals surface area contributed by atoms with Gasteiger partial charge in [-0.2, -0.15) is 16.6 Å². The van der Waals surface area contributed by atoms with Crippen molar-refractivity contribution < 1.29 is 4.79 Å². The molecule has 2 aromatic carbocycles. The third-order valence-corrected chi connectivity index (χ3v) is 5.45. The fourth-order valence-electron chi connectivity index (χ4n) is 3.46. The zero-order valence-corrected chi connectivity index (χ0v) is 15.4. The minimum absolute atomic E-state index is 0.144. The van der Waals surface area contributed by atoms with Crippen molar-refractivity contribution >= 4 is 22.9 Å². The van der Waals surface area contributed by atoms with Crippen molar-refractivity contribution in [2.75, 3.05) is 12.3 Å². The highest BCUT2D eigenvalue weighted by molar-refractivity contribution is 7.08. The van der Waals surface area contributed by atoms with Gasteiger partial charge in [-0.3, -0.25) is 4.79 Å². The smallest absolute Gasteiger partial charge is 0.256 e. The predicted octanol–water partition coefficient (Wildman–Crippen LogP) is 4.70. The molecule has 2 N–H and O–H groups in total. The summed E-state index contributed by atoms with van der Waals surface area (Å²) >= 11 is 1.66. The van der Waals surface area contributed by atoms with Crippen LogP contribution in [0.3, 0.4) is 0 Å². The van der Waals surface area contributed by atoms with E-state index in [-0.39, 0.29) is 12.5 Å². The van der Waals surface area contributed by atoms with Crippen LogP contribution in [0, 0.1) is 11.3 Å². The van der Waals surface area contributed by atoms with Gasteiger partial charge < -0.3 is 10.6 Å². The average molecular weight is 371 g/mol. The van der Waals surface area contributed by atoms with Crippen LogP contribution in [0.4, 0.5) is 5.69 Å². The van der Waals surface area contributed by atoms with Gasteiger partial charge in [-0.05, 0) is 56.8 Å². The van der Waals surface area contributed by atoms with Crippen LogP contribution < -0.4 is 5.73 Å². The molecule has 0 fully saturated rings. The zero-order valence-electron chi connectivity index (χ0n) is 14.6. The number of benzene rings is 2. The maximum atomic E-state index is 12.8. The van der Waals surface area contributed by atoms with E-state index in [4.69, 9.17) is 11.0 Å². The van der Waals surface area contributed by atoms with E-state index in [0.717, 1.165) is 22.3 Å². The van der Waals surface area contributed by atoms with Crippen LogP contribution in [-0.2, 0) is 6.54 Å². The molecule has 4 nitrogen and oxygen atoms in total. The predicted molar refractivity (Wildman–Crippen MR) is 109 cm³/mol. The molecule has 0 atom stereocenters. The monoisotopic (exact) mass is 371 g/mol. The molecule has 1 aliphatic heterocycles. The molecule has 0 saturated carbocycles. The Morgan fingerprint density at radius 2 is 2.04 bits per heavy atom. The van der Waals surface area contributed by atoms with Crippen LogP contribution in [0.5, 0.6) is 0 Å². The molecule has 3 aromatic rings. The molecule has 1 aliphatic rings. The number of hydrogen-bond acceptors (Lipinski definition) is 4. The zero-order chi connectivity index (χ0) is 19.0. The molecule has 4 rings (SSSR count). The number of hydrogen-bond donors (Lipinski definition) is 1. The molecule has 1 amide bonds. The molecule has 0 saturated heterocycles. The van der Waals surface area contributed by atoms with Crippen LogP contribution in [-0.4, -0.2) is 17.4 Å². The number of rotatable bonds is 4. The van der Waals surface area contributed by atoms with Gasteiger partial charge in [0.25, 0.3) is 5.91 Å². The summed E-state index contributed by atoms with van der Waals surface area (Å²) in [5.41, 5.74) is 12.7. The van der Waals surface area contributed by atoms with Gasteiger partial charge in [-0.25, -0.2) is 0 Å². The first-order valence-corrected chi connectivity index (χ1v) is 9.44. The minimum Gasteiger partial charge on any atom is -0.398 e. The van der Waals surface area contributed by atoms with Crippen LogP contribution in [0.1, 0.15) is 15.9 Å². The summed E-state index contributed by atoms with van der Waals surface area (Å²) in [6, 6.07) is 16.1. The number of amides is 1. The van der Waals surface area contributed by atoms with E-state index in [2.05, 4.69) is 35.5 Å². The summed E-state index contributed by atoms with van der Waals surface area (Å²) in [5, 5.41) is 13.2. The first-order chi connectivity index (χ1) is 13.1. The molecule has 1 aromatic heterocycles. The Morgan fingerprint density at radius 3 is 2.78 bits per heavy atom. The highest BCUT2D eigenvalue weighted by Gasteiger charge is 2.32. The summed E-state index contributed by atoms with van der Waals surface area (Å²) in [7, 11) is 0. The van der Waals surface area contributed by atoms with E-state index >= 15 is 0 Å². The van der Waals surface area contributed by atoms with E-state index in [1.807, 2.05) is 24.3 Å². The summed E-state index contributed by atoms with van der Waals surface area (Å²) in [6.45, 7) is 4.34. The van der Waals surface area contributed by atoms with Crippen LogP contribution in [0.25, 0.3) is 22.3 Å². The van der Waals surface area contributed by atoms with E-state index < -0.39 is 0 Å². The molecule has 0 bridgehead atoms. The third-order valence-electron chi connectivity index (χ3n) is 4.76. The number of nitriles is 1. The van der Waals surface area contributed by atoms with Crippen molar-refractivity contribution in [3.63, 3.8) is 0 Å². The maximum absolute atomic E-state index is 12.8. The van der Waals surface area contributed by atoms with Crippen molar-refractivity contribution in [3.8, 4) is 28.3 Å². The fourth-order valence-corrected chi connectivity index (χ4v) is 4.13. The van der Waals surface area contributed by atoms with Gasteiger partial charge in [0.15, 0.2) is 0 Å². The lowest BCUT2D eigenvalue weighted by Crippen LogP contribution is -2.26. The highest BCUT2D eigenvalue weighted by Crippen LogP contribution is 2.37. The normalized spacial score (nSPS) is 12.7. The Labute approximate surface area is 161 Å². The second-order valence-electron chi connectivity index (χ2n) is 6.53. The van der Waals surface area contributed by atoms with Crippen molar-refractivity contribution in [2.24, 2.45) is 0 Å². The SMILES string of the molecule is C=C(C#N)CN1Cc2c(-c3cccc(-c4ccsc4)c3)ccc(N)c2C1=O. The maximum Gasteiger partial charge on any atom is 0.256 e. The topological polar surface area (TPSA) is 70.1 Å². The standard InChI is InChI=1S/C22H17N3OS/c1-14(10-23)11-25-12-19-18(5-6-20(24)21(19)22(25)26)16-4-2-3-15(9-16)17-7-8-27-13-17/h2-9,13H,1,11-12,24H2. The third kappa shape index (κ3) is 3.01. The molecule has 0 aliphatic carbocycles. The number of nitrogen functional groups attached to an aromatic ring is 1. The Morgan fingerprint density at radius 1 is 1.22 bits per heavy atom. The lowest BCUT2D eigenvalue weighted by Gasteiger charge is -2.14. The van der Waals surface area contributed by atoms with Gasteiger partial charge in [0.2, 0.25) is 0 Å². The lowest BCUT2D eigenvalue weighted by atomic mass is 9.94.